The molecule has 9 heteroatoms. The predicted octanol–water partition coefficient (Wildman–Crippen LogP) is 1.92. The van der Waals surface area contributed by atoms with E-state index in [9.17, 15) is 23.6 Å². The molecule has 1 aromatic carbocycles. The van der Waals surface area contributed by atoms with Crippen LogP contribution in [0.25, 0.3) is 10.9 Å². The van der Waals surface area contributed by atoms with E-state index in [-0.39, 0.29) is 23.3 Å². The highest BCUT2D eigenvalue weighted by Gasteiger charge is 2.36. The first-order valence-corrected chi connectivity index (χ1v) is 11.6. The van der Waals surface area contributed by atoms with Gasteiger partial charge in [-0.25, -0.2) is 9.18 Å². The number of amides is 2. The highest BCUT2D eigenvalue weighted by molar-refractivity contribution is 5.85. The second-order valence-corrected chi connectivity index (χ2v) is 9.70. The van der Waals surface area contributed by atoms with Crippen LogP contribution in [0.15, 0.2) is 33.9 Å². The third-order valence-corrected chi connectivity index (χ3v) is 6.91. The van der Waals surface area contributed by atoms with Crippen molar-refractivity contribution in [1.29, 1.82) is 0 Å². The van der Waals surface area contributed by atoms with Crippen LogP contribution in [-0.4, -0.2) is 63.0 Å². The molecule has 1 aliphatic carbocycles. The number of benzene rings is 1. The van der Waals surface area contributed by atoms with Crippen molar-refractivity contribution in [3.63, 3.8) is 0 Å². The number of alkyl halides is 1. The number of hydrogen-bond acceptors (Lipinski definition) is 4. The molecule has 1 saturated heterocycles. The average molecular weight is 459 g/mol. The van der Waals surface area contributed by atoms with E-state index in [4.69, 9.17) is 0 Å². The second kappa shape index (κ2) is 9.11. The van der Waals surface area contributed by atoms with Crippen LogP contribution in [0.5, 0.6) is 0 Å². The van der Waals surface area contributed by atoms with Gasteiger partial charge in [-0.15, -0.1) is 0 Å². The Labute approximate surface area is 191 Å². The lowest BCUT2D eigenvalue weighted by molar-refractivity contribution is -0.148. The molecule has 2 aromatic rings. The van der Waals surface area contributed by atoms with Crippen molar-refractivity contribution in [2.24, 2.45) is 11.8 Å². The quantitative estimate of drug-likeness (QED) is 0.757. The van der Waals surface area contributed by atoms with Crippen LogP contribution in [0.1, 0.15) is 39.5 Å². The minimum Gasteiger partial charge on any atom is -0.339 e. The maximum absolute atomic E-state index is 13.9. The summed E-state index contributed by atoms with van der Waals surface area (Å²) in [6, 6.07) is 6.98. The number of carbonyl (C=O) groups is 2. The number of rotatable bonds is 4. The molecular formula is C24H31FN4O4. The lowest BCUT2D eigenvalue weighted by Gasteiger charge is -2.39. The molecule has 0 atom stereocenters. The Morgan fingerprint density at radius 3 is 2.24 bits per heavy atom. The van der Waals surface area contributed by atoms with Gasteiger partial charge < -0.3 is 14.8 Å². The molecule has 1 aromatic heterocycles. The van der Waals surface area contributed by atoms with Crippen LogP contribution in [-0.2, 0) is 16.1 Å². The van der Waals surface area contributed by atoms with Gasteiger partial charge in [0.1, 0.15) is 0 Å². The molecule has 178 valence electrons. The molecule has 0 unspecified atom stereocenters. The van der Waals surface area contributed by atoms with Crippen molar-refractivity contribution >= 4 is 22.7 Å². The molecule has 0 spiro atoms. The molecular weight excluding hydrogens is 427 g/mol. The highest BCUT2D eigenvalue weighted by Crippen LogP contribution is 2.31. The zero-order valence-corrected chi connectivity index (χ0v) is 19.2. The zero-order chi connectivity index (χ0) is 23.8. The number of nitrogens with one attached hydrogen (secondary N) is 1. The molecule has 4 rings (SSSR count). The first-order valence-electron chi connectivity index (χ1n) is 11.6. The summed E-state index contributed by atoms with van der Waals surface area (Å²) in [6.07, 6.45) is 2.95. The summed E-state index contributed by atoms with van der Waals surface area (Å²) in [7, 11) is 0. The van der Waals surface area contributed by atoms with E-state index in [1.807, 2.05) is 0 Å². The zero-order valence-electron chi connectivity index (χ0n) is 19.2. The number of carbonyl (C=O) groups excluding carboxylic acids is 2. The van der Waals surface area contributed by atoms with Crippen LogP contribution in [0.4, 0.5) is 4.39 Å². The van der Waals surface area contributed by atoms with Crippen molar-refractivity contribution in [2.75, 3.05) is 26.2 Å². The number of nitrogens with zero attached hydrogens (tertiary/aromatic N) is 3. The van der Waals surface area contributed by atoms with Gasteiger partial charge in [0, 0.05) is 38.6 Å². The number of fused-ring (bicyclic) bond motifs is 1. The standard InChI is InChI=1S/C24H31FN4O4/c1-24(2,25)22(32)28-13-11-27(12-14-28)20(30)17-9-7-16(8-10-17)15-29-21(31)18-5-3-4-6-19(18)26-23(29)33/h3-6,16-17H,7-15H2,1-2H3,(H,26,33)/t16-,17-. The summed E-state index contributed by atoms with van der Waals surface area (Å²) < 4.78 is 15.2. The molecule has 2 heterocycles. The molecule has 2 fully saturated rings. The molecule has 0 bridgehead atoms. The lowest BCUT2D eigenvalue weighted by atomic mass is 9.81. The summed E-state index contributed by atoms with van der Waals surface area (Å²) in [5, 5.41) is 0.495. The van der Waals surface area contributed by atoms with E-state index >= 15 is 0 Å². The SMILES string of the molecule is CC(C)(F)C(=O)N1CCN(C(=O)[C@H]2CC[C@H](Cn3c(=O)[nH]c4ccccc4c3=O)CC2)CC1. The topological polar surface area (TPSA) is 95.5 Å². The van der Waals surface area contributed by atoms with Crippen molar-refractivity contribution < 1.29 is 14.0 Å². The Balaban J connectivity index is 1.32. The molecule has 2 amide bonds. The smallest absolute Gasteiger partial charge is 0.328 e. The van der Waals surface area contributed by atoms with Gasteiger partial charge in [0.15, 0.2) is 5.67 Å². The fourth-order valence-electron chi connectivity index (χ4n) is 4.98. The van der Waals surface area contributed by atoms with Crippen LogP contribution in [0.3, 0.4) is 0 Å². The van der Waals surface area contributed by atoms with E-state index in [1.54, 1.807) is 29.2 Å². The van der Waals surface area contributed by atoms with Crippen LogP contribution < -0.4 is 11.2 Å². The third kappa shape index (κ3) is 4.86. The van der Waals surface area contributed by atoms with E-state index in [0.29, 0.717) is 56.5 Å². The first-order chi connectivity index (χ1) is 15.6. The van der Waals surface area contributed by atoms with E-state index in [0.717, 1.165) is 12.8 Å². The molecule has 1 saturated carbocycles. The second-order valence-electron chi connectivity index (χ2n) is 9.70. The lowest BCUT2D eigenvalue weighted by Crippen LogP contribution is -2.55. The van der Waals surface area contributed by atoms with Crippen LogP contribution >= 0.6 is 0 Å². The summed E-state index contributed by atoms with van der Waals surface area (Å²) in [4.78, 5) is 56.3. The first kappa shape index (κ1) is 23.2. The summed E-state index contributed by atoms with van der Waals surface area (Å²) in [5.74, 6) is -0.377. The van der Waals surface area contributed by atoms with Gasteiger partial charge in [-0.2, -0.15) is 0 Å². The normalized spacial score (nSPS) is 21.9. The van der Waals surface area contributed by atoms with Crippen molar-refractivity contribution in [3.05, 3.63) is 45.1 Å². The fraction of sp³-hybridized carbons (Fsp3) is 0.583. The summed E-state index contributed by atoms with van der Waals surface area (Å²) in [6.45, 7) is 4.39. The maximum Gasteiger partial charge on any atom is 0.328 e. The number of aromatic amines is 1. The van der Waals surface area contributed by atoms with Gasteiger partial charge in [-0.05, 0) is 57.6 Å². The Kier molecular flexibility index (Phi) is 6.41. The van der Waals surface area contributed by atoms with E-state index < -0.39 is 17.3 Å². The Hall–Kier alpha value is -2.97. The third-order valence-electron chi connectivity index (χ3n) is 6.91. The van der Waals surface area contributed by atoms with Crippen molar-refractivity contribution in [1.82, 2.24) is 19.4 Å². The van der Waals surface area contributed by atoms with E-state index in [2.05, 4.69) is 4.98 Å². The number of para-hydroxylation sites is 1. The van der Waals surface area contributed by atoms with Gasteiger partial charge in [0.25, 0.3) is 11.5 Å². The number of piperazine rings is 1. The Morgan fingerprint density at radius 2 is 1.61 bits per heavy atom. The molecule has 8 nitrogen and oxygen atoms in total. The summed E-state index contributed by atoms with van der Waals surface area (Å²) in [5.41, 5.74) is -2.05. The molecule has 1 N–H and O–H groups in total. The van der Waals surface area contributed by atoms with Gasteiger partial charge in [0.05, 0.1) is 10.9 Å². The molecule has 2 aliphatic rings. The van der Waals surface area contributed by atoms with Crippen LogP contribution in [0, 0.1) is 11.8 Å². The maximum atomic E-state index is 13.9. The van der Waals surface area contributed by atoms with Gasteiger partial charge >= 0.3 is 5.69 Å². The van der Waals surface area contributed by atoms with Gasteiger partial charge in [-0.1, -0.05) is 12.1 Å². The minimum atomic E-state index is -1.90. The highest BCUT2D eigenvalue weighted by atomic mass is 19.1. The fourth-order valence-corrected chi connectivity index (χ4v) is 4.98. The largest absolute Gasteiger partial charge is 0.339 e. The van der Waals surface area contributed by atoms with Gasteiger partial charge in [0.2, 0.25) is 5.91 Å². The van der Waals surface area contributed by atoms with Crippen molar-refractivity contribution in [3.8, 4) is 0 Å². The van der Waals surface area contributed by atoms with Crippen LogP contribution in [0.2, 0.25) is 0 Å². The number of hydrogen-bond donors (Lipinski definition) is 1. The average Bonchev–Trinajstić information content (AvgIpc) is 2.81. The van der Waals surface area contributed by atoms with E-state index in [1.165, 1.54) is 23.3 Å². The Morgan fingerprint density at radius 1 is 1.00 bits per heavy atom. The summed E-state index contributed by atoms with van der Waals surface area (Å²) >= 11 is 0. The number of H-pyrrole nitrogens is 1. The molecule has 1 aliphatic heterocycles. The van der Waals surface area contributed by atoms with Gasteiger partial charge in [-0.3, -0.25) is 19.0 Å². The minimum absolute atomic E-state index is 0.0841. The number of aromatic nitrogens is 2. The number of halogens is 1. The molecule has 33 heavy (non-hydrogen) atoms. The monoisotopic (exact) mass is 458 g/mol. The predicted molar refractivity (Wildman–Crippen MR) is 123 cm³/mol. The Bertz CT molecular complexity index is 1150. The van der Waals surface area contributed by atoms with Crippen molar-refractivity contribution in [2.45, 2.75) is 51.7 Å². The molecule has 0 radical (unpaired) electrons.